The van der Waals surface area contributed by atoms with E-state index in [0.29, 0.717) is 32.5 Å². The maximum absolute atomic E-state index is 11.7. The second-order valence-corrected chi connectivity index (χ2v) is 6.62. The van der Waals surface area contributed by atoms with Crippen molar-refractivity contribution in [3.05, 3.63) is 29.8 Å². The van der Waals surface area contributed by atoms with E-state index < -0.39 is 5.41 Å². The predicted octanol–water partition coefficient (Wildman–Crippen LogP) is 2.43. The molecule has 0 radical (unpaired) electrons. The van der Waals surface area contributed by atoms with Crippen molar-refractivity contribution in [1.29, 1.82) is 0 Å². The van der Waals surface area contributed by atoms with Crippen LogP contribution in [0, 0.1) is 12.3 Å². The topological polar surface area (TPSA) is 67.4 Å². The summed E-state index contributed by atoms with van der Waals surface area (Å²) >= 11 is 0. The molecule has 23 heavy (non-hydrogen) atoms. The van der Waals surface area contributed by atoms with Crippen molar-refractivity contribution in [2.75, 3.05) is 19.7 Å². The van der Waals surface area contributed by atoms with Crippen molar-refractivity contribution < 1.29 is 14.3 Å². The lowest BCUT2D eigenvalue weighted by atomic mass is 9.96. The Morgan fingerprint density at radius 1 is 1.13 bits per heavy atom. The van der Waals surface area contributed by atoms with Gasteiger partial charge in [0, 0.05) is 18.4 Å². The average molecular weight is 320 g/mol. The first-order valence-electron chi connectivity index (χ1n) is 8.03. The van der Waals surface area contributed by atoms with Gasteiger partial charge < -0.3 is 15.4 Å². The number of rotatable bonds is 8. The van der Waals surface area contributed by atoms with Gasteiger partial charge in [-0.3, -0.25) is 9.59 Å². The first-order chi connectivity index (χ1) is 10.8. The molecule has 2 amide bonds. The normalized spacial score (nSPS) is 11.0. The Balaban J connectivity index is 2.08. The fourth-order valence-electron chi connectivity index (χ4n) is 1.87. The van der Waals surface area contributed by atoms with Crippen LogP contribution in [0.25, 0.3) is 0 Å². The predicted molar refractivity (Wildman–Crippen MR) is 91.4 cm³/mol. The SMILES string of the molecule is Cc1cccc(OCCNC(=O)CCCNC(=O)C(C)(C)C)c1. The summed E-state index contributed by atoms with van der Waals surface area (Å²) in [5.41, 5.74) is 0.749. The zero-order valence-electron chi connectivity index (χ0n) is 14.6. The summed E-state index contributed by atoms with van der Waals surface area (Å²) in [7, 11) is 0. The molecule has 1 aromatic carbocycles. The number of hydrogen-bond donors (Lipinski definition) is 2. The molecule has 0 aliphatic heterocycles. The molecule has 0 aliphatic rings. The quantitative estimate of drug-likeness (QED) is 0.723. The van der Waals surface area contributed by atoms with Gasteiger partial charge in [0.25, 0.3) is 0 Å². The van der Waals surface area contributed by atoms with Crippen LogP contribution in [-0.2, 0) is 9.59 Å². The highest BCUT2D eigenvalue weighted by atomic mass is 16.5. The van der Waals surface area contributed by atoms with Gasteiger partial charge in [0.05, 0.1) is 6.54 Å². The minimum atomic E-state index is -0.393. The average Bonchev–Trinajstić information content (AvgIpc) is 2.47. The third-order valence-corrected chi connectivity index (χ3v) is 3.23. The largest absolute Gasteiger partial charge is 0.492 e. The van der Waals surface area contributed by atoms with E-state index in [1.54, 1.807) is 0 Å². The zero-order valence-corrected chi connectivity index (χ0v) is 14.6. The zero-order chi connectivity index (χ0) is 17.3. The van der Waals surface area contributed by atoms with E-state index in [4.69, 9.17) is 4.74 Å². The number of nitrogens with one attached hydrogen (secondary N) is 2. The van der Waals surface area contributed by atoms with E-state index >= 15 is 0 Å². The van der Waals surface area contributed by atoms with E-state index in [9.17, 15) is 9.59 Å². The number of benzene rings is 1. The van der Waals surface area contributed by atoms with Gasteiger partial charge in [-0.15, -0.1) is 0 Å². The minimum absolute atomic E-state index is 0.00413. The second-order valence-electron chi connectivity index (χ2n) is 6.62. The molecule has 2 N–H and O–H groups in total. The van der Waals surface area contributed by atoms with Gasteiger partial charge in [0.2, 0.25) is 11.8 Å². The number of amides is 2. The Hall–Kier alpha value is -2.04. The van der Waals surface area contributed by atoms with Gasteiger partial charge in [0.1, 0.15) is 12.4 Å². The first kappa shape index (κ1) is 19.0. The molecule has 128 valence electrons. The minimum Gasteiger partial charge on any atom is -0.492 e. The highest BCUT2D eigenvalue weighted by Gasteiger charge is 2.20. The smallest absolute Gasteiger partial charge is 0.225 e. The van der Waals surface area contributed by atoms with E-state index in [0.717, 1.165) is 11.3 Å². The van der Waals surface area contributed by atoms with E-state index in [1.165, 1.54) is 0 Å². The maximum Gasteiger partial charge on any atom is 0.225 e. The molecule has 5 nitrogen and oxygen atoms in total. The van der Waals surface area contributed by atoms with Crippen LogP contribution < -0.4 is 15.4 Å². The molecule has 0 aromatic heterocycles. The van der Waals surface area contributed by atoms with Gasteiger partial charge in [-0.05, 0) is 31.0 Å². The van der Waals surface area contributed by atoms with E-state index in [1.807, 2.05) is 52.0 Å². The van der Waals surface area contributed by atoms with Gasteiger partial charge in [-0.25, -0.2) is 0 Å². The Morgan fingerprint density at radius 2 is 1.87 bits per heavy atom. The molecule has 0 saturated heterocycles. The monoisotopic (exact) mass is 320 g/mol. The number of hydrogen-bond acceptors (Lipinski definition) is 3. The number of ether oxygens (including phenoxy) is 1. The van der Waals surface area contributed by atoms with E-state index in [2.05, 4.69) is 10.6 Å². The lowest BCUT2D eigenvalue weighted by molar-refractivity contribution is -0.128. The van der Waals surface area contributed by atoms with Crippen LogP contribution in [0.15, 0.2) is 24.3 Å². The molecule has 0 unspecified atom stereocenters. The Labute approximate surface area is 138 Å². The summed E-state index contributed by atoms with van der Waals surface area (Å²) in [4.78, 5) is 23.3. The van der Waals surface area contributed by atoms with Crippen molar-refractivity contribution in [1.82, 2.24) is 10.6 Å². The second kappa shape index (κ2) is 9.18. The molecule has 1 rings (SSSR count). The fourth-order valence-corrected chi connectivity index (χ4v) is 1.87. The van der Waals surface area contributed by atoms with Crippen molar-refractivity contribution >= 4 is 11.8 Å². The third kappa shape index (κ3) is 8.24. The van der Waals surface area contributed by atoms with Crippen LogP contribution in [-0.4, -0.2) is 31.5 Å². The molecule has 0 bridgehead atoms. The Kier molecular flexibility index (Phi) is 7.59. The van der Waals surface area contributed by atoms with Crippen LogP contribution in [0.1, 0.15) is 39.2 Å². The van der Waals surface area contributed by atoms with Crippen molar-refractivity contribution in [3.63, 3.8) is 0 Å². The molecule has 0 atom stereocenters. The maximum atomic E-state index is 11.7. The van der Waals surface area contributed by atoms with Crippen molar-refractivity contribution in [2.24, 2.45) is 5.41 Å². The fraction of sp³-hybridized carbons (Fsp3) is 0.556. The van der Waals surface area contributed by atoms with Gasteiger partial charge in [-0.2, -0.15) is 0 Å². The van der Waals surface area contributed by atoms with Gasteiger partial charge in [0.15, 0.2) is 0 Å². The molecular formula is C18H28N2O3. The molecule has 0 fully saturated rings. The van der Waals surface area contributed by atoms with Gasteiger partial charge >= 0.3 is 0 Å². The summed E-state index contributed by atoms with van der Waals surface area (Å²) in [6, 6.07) is 7.80. The van der Waals surface area contributed by atoms with Crippen LogP contribution in [0.2, 0.25) is 0 Å². The molecule has 5 heteroatoms. The molecular weight excluding hydrogens is 292 g/mol. The van der Waals surface area contributed by atoms with Crippen LogP contribution >= 0.6 is 0 Å². The molecule has 0 spiro atoms. The lowest BCUT2D eigenvalue weighted by Gasteiger charge is -2.17. The third-order valence-electron chi connectivity index (χ3n) is 3.23. The highest BCUT2D eigenvalue weighted by Crippen LogP contribution is 2.12. The lowest BCUT2D eigenvalue weighted by Crippen LogP contribution is -2.36. The van der Waals surface area contributed by atoms with Crippen molar-refractivity contribution in [3.8, 4) is 5.75 Å². The summed E-state index contributed by atoms with van der Waals surface area (Å²) < 4.78 is 5.56. The highest BCUT2D eigenvalue weighted by molar-refractivity contribution is 5.81. The van der Waals surface area contributed by atoms with Gasteiger partial charge in [-0.1, -0.05) is 32.9 Å². The van der Waals surface area contributed by atoms with Crippen LogP contribution in [0.5, 0.6) is 5.75 Å². The number of carbonyl (C=O) groups excluding carboxylic acids is 2. The molecule has 1 aromatic rings. The Bertz CT molecular complexity index is 521. The molecule has 0 aliphatic carbocycles. The van der Waals surface area contributed by atoms with Crippen LogP contribution in [0.4, 0.5) is 0 Å². The standard InChI is InChI=1S/C18H28N2O3/c1-14-7-5-8-15(13-14)23-12-11-19-16(21)9-6-10-20-17(22)18(2,3)4/h5,7-8,13H,6,9-12H2,1-4H3,(H,19,21)(H,20,22). The summed E-state index contributed by atoms with van der Waals surface area (Å²) in [5, 5.41) is 5.64. The summed E-state index contributed by atoms with van der Waals surface area (Å²) in [5.74, 6) is 0.788. The molecule has 0 heterocycles. The summed E-state index contributed by atoms with van der Waals surface area (Å²) in [6.07, 6.45) is 1.03. The van der Waals surface area contributed by atoms with E-state index in [-0.39, 0.29) is 11.8 Å². The summed E-state index contributed by atoms with van der Waals surface area (Å²) in [6.45, 7) is 9.03. The number of carbonyl (C=O) groups is 2. The van der Waals surface area contributed by atoms with Crippen LogP contribution in [0.3, 0.4) is 0 Å². The number of aryl methyl sites for hydroxylation is 1. The first-order valence-corrected chi connectivity index (χ1v) is 8.03. The Morgan fingerprint density at radius 3 is 2.52 bits per heavy atom. The van der Waals surface area contributed by atoms with Crippen molar-refractivity contribution in [2.45, 2.75) is 40.5 Å². The molecule has 0 saturated carbocycles.